The van der Waals surface area contributed by atoms with Crippen molar-refractivity contribution in [3.05, 3.63) is 0 Å². The fraction of sp³-hybridized carbons (Fsp3) is 0.833. The second kappa shape index (κ2) is 5.02. The highest BCUT2D eigenvalue weighted by atomic mass is 127. The molecule has 0 N–H and O–H groups in total. The first-order valence-corrected chi connectivity index (χ1v) is 4.22. The highest BCUT2D eigenvalue weighted by Gasteiger charge is 2.03. The standard InChI is InChI=1S/C6H11IO2/c1-3-4-6(7)9-5(2)8/h6H,3-4H2,1-2H3. The number of ether oxygens (including phenoxy) is 1. The summed E-state index contributed by atoms with van der Waals surface area (Å²) in [5, 5.41) is 0. The van der Waals surface area contributed by atoms with Gasteiger partial charge in [0.2, 0.25) is 0 Å². The molecule has 2 nitrogen and oxygen atoms in total. The van der Waals surface area contributed by atoms with Crippen molar-refractivity contribution in [1.82, 2.24) is 0 Å². The van der Waals surface area contributed by atoms with Gasteiger partial charge >= 0.3 is 5.97 Å². The average molecular weight is 242 g/mol. The molecule has 1 atom stereocenters. The summed E-state index contributed by atoms with van der Waals surface area (Å²) in [6.07, 6.45) is 2.00. The Balaban J connectivity index is 3.26. The Labute approximate surface area is 69.1 Å². The van der Waals surface area contributed by atoms with Gasteiger partial charge < -0.3 is 4.74 Å². The normalized spacial score (nSPS) is 12.8. The van der Waals surface area contributed by atoms with E-state index in [1.807, 2.05) is 0 Å². The van der Waals surface area contributed by atoms with Crippen molar-refractivity contribution >= 4 is 28.6 Å². The molecule has 0 fully saturated rings. The lowest BCUT2D eigenvalue weighted by atomic mass is 10.4. The van der Waals surface area contributed by atoms with Crippen LogP contribution in [0.4, 0.5) is 0 Å². The third-order valence-electron chi connectivity index (χ3n) is 0.809. The minimum absolute atomic E-state index is 0.0603. The molecule has 0 heterocycles. The lowest BCUT2D eigenvalue weighted by Gasteiger charge is -2.06. The molecule has 0 amide bonds. The fourth-order valence-electron chi connectivity index (χ4n) is 0.466. The van der Waals surface area contributed by atoms with Crippen molar-refractivity contribution in [2.24, 2.45) is 0 Å². The first-order chi connectivity index (χ1) is 4.16. The van der Waals surface area contributed by atoms with Gasteiger partial charge in [-0.2, -0.15) is 0 Å². The monoisotopic (exact) mass is 242 g/mol. The summed E-state index contributed by atoms with van der Waals surface area (Å²) in [5.41, 5.74) is 0. The second-order valence-electron chi connectivity index (χ2n) is 1.81. The summed E-state index contributed by atoms with van der Waals surface area (Å²) < 4.78 is 4.90. The lowest BCUT2D eigenvalue weighted by Crippen LogP contribution is -2.07. The zero-order chi connectivity index (χ0) is 7.28. The number of esters is 1. The zero-order valence-corrected chi connectivity index (χ0v) is 7.84. The third-order valence-corrected chi connectivity index (χ3v) is 1.69. The fourth-order valence-corrected chi connectivity index (χ4v) is 1.45. The SMILES string of the molecule is CCCC(I)OC(C)=O. The minimum atomic E-state index is -0.192. The van der Waals surface area contributed by atoms with Crippen LogP contribution in [0.5, 0.6) is 0 Å². The number of alkyl halides is 1. The van der Waals surface area contributed by atoms with Gasteiger partial charge in [-0.1, -0.05) is 13.3 Å². The summed E-state index contributed by atoms with van der Waals surface area (Å²) in [6, 6.07) is 0. The van der Waals surface area contributed by atoms with Gasteiger partial charge in [0.25, 0.3) is 0 Å². The molecule has 3 heteroatoms. The van der Waals surface area contributed by atoms with Crippen LogP contribution in [0.3, 0.4) is 0 Å². The summed E-state index contributed by atoms with van der Waals surface area (Å²) in [7, 11) is 0. The molecule has 0 saturated carbocycles. The second-order valence-corrected chi connectivity index (χ2v) is 3.20. The number of carbonyl (C=O) groups is 1. The number of hydrogen-bond acceptors (Lipinski definition) is 2. The Kier molecular flexibility index (Phi) is 5.13. The van der Waals surface area contributed by atoms with Crippen molar-refractivity contribution in [2.75, 3.05) is 0 Å². The molecule has 0 rings (SSSR count). The van der Waals surface area contributed by atoms with Gasteiger partial charge in [-0.05, 0) is 29.0 Å². The molecule has 0 aliphatic rings. The maximum atomic E-state index is 10.3. The molecule has 0 aromatic heterocycles. The van der Waals surface area contributed by atoms with Crippen LogP contribution in [0.25, 0.3) is 0 Å². The van der Waals surface area contributed by atoms with Gasteiger partial charge in [0.05, 0.1) is 0 Å². The smallest absolute Gasteiger partial charge is 0.303 e. The van der Waals surface area contributed by atoms with E-state index in [4.69, 9.17) is 4.74 Å². The van der Waals surface area contributed by atoms with Crippen LogP contribution in [-0.4, -0.2) is 10.1 Å². The number of rotatable bonds is 3. The molecule has 0 bridgehead atoms. The predicted octanol–water partition coefficient (Wildman–Crippen LogP) is 2.11. The van der Waals surface area contributed by atoms with E-state index >= 15 is 0 Å². The first-order valence-electron chi connectivity index (χ1n) is 2.98. The van der Waals surface area contributed by atoms with Crippen LogP contribution in [0.15, 0.2) is 0 Å². The summed E-state index contributed by atoms with van der Waals surface area (Å²) in [5.74, 6) is -0.192. The number of carbonyl (C=O) groups excluding carboxylic acids is 1. The van der Waals surface area contributed by atoms with Crippen LogP contribution in [0.2, 0.25) is 0 Å². The van der Waals surface area contributed by atoms with E-state index in [0.717, 1.165) is 12.8 Å². The van der Waals surface area contributed by atoms with Crippen LogP contribution >= 0.6 is 22.6 Å². The van der Waals surface area contributed by atoms with Gasteiger partial charge in [0, 0.05) is 6.92 Å². The third kappa shape index (κ3) is 6.08. The highest BCUT2D eigenvalue weighted by molar-refractivity contribution is 14.1. The summed E-state index contributed by atoms with van der Waals surface area (Å²) in [6.45, 7) is 3.50. The Hall–Kier alpha value is 0.200. The topological polar surface area (TPSA) is 26.3 Å². The van der Waals surface area contributed by atoms with Crippen molar-refractivity contribution in [3.8, 4) is 0 Å². The summed E-state index contributed by atoms with van der Waals surface area (Å²) >= 11 is 2.11. The minimum Gasteiger partial charge on any atom is -0.452 e. The molecule has 0 radical (unpaired) electrons. The predicted molar refractivity (Wildman–Crippen MR) is 44.5 cm³/mol. The maximum absolute atomic E-state index is 10.3. The van der Waals surface area contributed by atoms with E-state index in [1.165, 1.54) is 6.92 Å². The zero-order valence-electron chi connectivity index (χ0n) is 5.69. The van der Waals surface area contributed by atoms with Gasteiger partial charge in [0.15, 0.2) is 4.11 Å². The van der Waals surface area contributed by atoms with Gasteiger partial charge in [-0.3, -0.25) is 4.79 Å². The van der Waals surface area contributed by atoms with Crippen LogP contribution in [0, 0.1) is 0 Å². The van der Waals surface area contributed by atoms with E-state index in [0.29, 0.717) is 0 Å². The molecule has 0 spiro atoms. The Morgan fingerprint density at radius 3 is 2.67 bits per heavy atom. The van der Waals surface area contributed by atoms with Crippen molar-refractivity contribution < 1.29 is 9.53 Å². The van der Waals surface area contributed by atoms with E-state index in [2.05, 4.69) is 29.5 Å². The molecule has 54 valence electrons. The highest BCUT2D eigenvalue weighted by Crippen LogP contribution is 2.09. The number of halogens is 1. The average Bonchev–Trinajstić information content (AvgIpc) is 1.63. The van der Waals surface area contributed by atoms with Gasteiger partial charge in [-0.25, -0.2) is 0 Å². The van der Waals surface area contributed by atoms with Crippen molar-refractivity contribution in [1.29, 1.82) is 0 Å². The van der Waals surface area contributed by atoms with Crippen molar-refractivity contribution in [3.63, 3.8) is 0 Å². The van der Waals surface area contributed by atoms with E-state index in [9.17, 15) is 4.79 Å². The molecule has 0 aliphatic heterocycles. The number of hydrogen-bond donors (Lipinski definition) is 0. The Morgan fingerprint density at radius 1 is 1.78 bits per heavy atom. The van der Waals surface area contributed by atoms with Gasteiger partial charge in [-0.15, -0.1) is 0 Å². The molecule has 0 saturated heterocycles. The molecule has 9 heavy (non-hydrogen) atoms. The molecule has 0 aliphatic carbocycles. The van der Waals surface area contributed by atoms with Crippen LogP contribution in [0.1, 0.15) is 26.7 Å². The quantitative estimate of drug-likeness (QED) is 0.430. The summed E-state index contributed by atoms with van der Waals surface area (Å²) in [4.78, 5) is 10.3. The van der Waals surface area contributed by atoms with E-state index in [1.54, 1.807) is 0 Å². The molecular formula is C6H11IO2. The van der Waals surface area contributed by atoms with Crippen LogP contribution in [-0.2, 0) is 9.53 Å². The molecule has 0 aromatic rings. The Morgan fingerprint density at radius 2 is 2.33 bits per heavy atom. The lowest BCUT2D eigenvalue weighted by molar-refractivity contribution is -0.141. The maximum Gasteiger partial charge on any atom is 0.303 e. The van der Waals surface area contributed by atoms with Crippen molar-refractivity contribution in [2.45, 2.75) is 30.8 Å². The molecule has 0 aromatic carbocycles. The largest absolute Gasteiger partial charge is 0.452 e. The first kappa shape index (κ1) is 9.20. The van der Waals surface area contributed by atoms with Gasteiger partial charge in [0.1, 0.15) is 0 Å². The van der Waals surface area contributed by atoms with E-state index < -0.39 is 0 Å². The van der Waals surface area contributed by atoms with Crippen LogP contribution < -0.4 is 0 Å². The molecule has 1 unspecified atom stereocenters. The Bertz CT molecular complexity index is 93.1. The van der Waals surface area contributed by atoms with E-state index in [-0.39, 0.29) is 10.1 Å². The molecular weight excluding hydrogens is 231 g/mol.